The van der Waals surface area contributed by atoms with Gasteiger partial charge in [0.25, 0.3) is 5.91 Å². The molecule has 0 spiro atoms. The maximum absolute atomic E-state index is 12.5. The number of aromatic carboxylic acids is 1. The van der Waals surface area contributed by atoms with E-state index in [1.54, 1.807) is 7.11 Å². The van der Waals surface area contributed by atoms with Gasteiger partial charge in [-0.05, 0) is 31.0 Å². The molecule has 0 saturated heterocycles. The summed E-state index contributed by atoms with van der Waals surface area (Å²) < 4.78 is 5.53. The minimum Gasteiger partial charge on any atom is -0.496 e. The second kappa shape index (κ2) is 7.56. The number of carbonyl (C=O) groups is 2. The normalized spacial score (nSPS) is 15.4. The molecule has 0 bridgehead atoms. The molecule has 2 aromatic rings. The Morgan fingerprint density at radius 2 is 1.96 bits per heavy atom. The molecular formula is C20H22N2O4. The van der Waals surface area contributed by atoms with E-state index < -0.39 is 5.97 Å². The van der Waals surface area contributed by atoms with Crippen molar-refractivity contribution in [3.05, 3.63) is 59.4 Å². The van der Waals surface area contributed by atoms with Gasteiger partial charge in [-0.25, -0.2) is 9.78 Å². The van der Waals surface area contributed by atoms with Crippen LogP contribution in [0.15, 0.2) is 42.6 Å². The van der Waals surface area contributed by atoms with Crippen LogP contribution in [0.2, 0.25) is 0 Å². The van der Waals surface area contributed by atoms with E-state index in [2.05, 4.69) is 16.4 Å². The number of ether oxygens (including phenoxy) is 1. The number of carbonyl (C=O) groups excluding carboxylic acids is 1. The highest BCUT2D eigenvalue weighted by atomic mass is 16.5. The Morgan fingerprint density at radius 1 is 1.23 bits per heavy atom. The first kappa shape index (κ1) is 17.9. The average molecular weight is 354 g/mol. The molecule has 2 N–H and O–H groups in total. The molecule has 1 saturated carbocycles. The highest BCUT2D eigenvalue weighted by Crippen LogP contribution is 2.44. The molecule has 1 aliphatic rings. The summed E-state index contributed by atoms with van der Waals surface area (Å²) in [7, 11) is 1.66. The van der Waals surface area contributed by atoms with Gasteiger partial charge in [-0.2, -0.15) is 0 Å². The Hall–Kier alpha value is -2.89. The smallest absolute Gasteiger partial charge is 0.354 e. The predicted octanol–water partition coefficient (Wildman–Crippen LogP) is 3.03. The number of carboxylic acids is 1. The number of aromatic nitrogens is 1. The molecule has 0 aliphatic heterocycles. The van der Waals surface area contributed by atoms with E-state index in [-0.39, 0.29) is 17.0 Å². The fraction of sp³-hybridized carbons (Fsp3) is 0.350. The van der Waals surface area contributed by atoms with Gasteiger partial charge in [0.05, 0.1) is 7.11 Å². The van der Waals surface area contributed by atoms with Crippen molar-refractivity contribution >= 4 is 11.9 Å². The Bertz CT molecular complexity index is 813. The summed E-state index contributed by atoms with van der Waals surface area (Å²) in [4.78, 5) is 27.3. The number of amides is 1. The van der Waals surface area contributed by atoms with Crippen LogP contribution >= 0.6 is 0 Å². The lowest BCUT2D eigenvalue weighted by Gasteiger charge is -2.31. The molecule has 26 heavy (non-hydrogen) atoms. The third-order valence-corrected chi connectivity index (χ3v) is 5.07. The van der Waals surface area contributed by atoms with Gasteiger partial charge in [0.15, 0.2) is 0 Å². The number of methoxy groups -OCH3 is 1. The first-order valence-electron chi connectivity index (χ1n) is 8.67. The van der Waals surface area contributed by atoms with Crippen LogP contribution in [0.1, 0.15) is 52.1 Å². The van der Waals surface area contributed by atoms with Crippen LogP contribution in [-0.2, 0) is 5.41 Å². The van der Waals surface area contributed by atoms with E-state index in [0.29, 0.717) is 12.1 Å². The van der Waals surface area contributed by atoms with Gasteiger partial charge < -0.3 is 15.2 Å². The minimum absolute atomic E-state index is 0.141. The fourth-order valence-corrected chi connectivity index (χ4v) is 3.72. The van der Waals surface area contributed by atoms with E-state index >= 15 is 0 Å². The van der Waals surface area contributed by atoms with Crippen molar-refractivity contribution < 1.29 is 19.4 Å². The van der Waals surface area contributed by atoms with Crippen molar-refractivity contribution in [2.75, 3.05) is 13.7 Å². The lowest BCUT2D eigenvalue weighted by atomic mass is 9.78. The van der Waals surface area contributed by atoms with E-state index in [0.717, 1.165) is 37.0 Å². The predicted molar refractivity (Wildman–Crippen MR) is 96.7 cm³/mol. The van der Waals surface area contributed by atoms with E-state index in [4.69, 9.17) is 9.84 Å². The van der Waals surface area contributed by atoms with Crippen LogP contribution in [0.5, 0.6) is 5.75 Å². The number of hydrogen-bond donors (Lipinski definition) is 2. The molecule has 1 aromatic heterocycles. The summed E-state index contributed by atoms with van der Waals surface area (Å²) in [6.07, 6.45) is 5.50. The number of nitrogens with zero attached hydrogens (tertiary/aromatic N) is 1. The third kappa shape index (κ3) is 3.54. The van der Waals surface area contributed by atoms with Gasteiger partial charge in [-0.3, -0.25) is 4.79 Å². The molecule has 6 heteroatoms. The second-order valence-electron chi connectivity index (χ2n) is 6.61. The molecular weight excluding hydrogens is 332 g/mol. The number of para-hydroxylation sites is 1. The molecule has 6 nitrogen and oxygen atoms in total. The average Bonchev–Trinajstić information content (AvgIpc) is 3.16. The van der Waals surface area contributed by atoms with Gasteiger partial charge in [-0.15, -0.1) is 0 Å². The zero-order chi connectivity index (χ0) is 18.6. The summed E-state index contributed by atoms with van der Waals surface area (Å²) in [6, 6.07) is 10.7. The molecule has 1 amide bonds. The number of hydrogen-bond acceptors (Lipinski definition) is 4. The topological polar surface area (TPSA) is 88.5 Å². The molecule has 1 aromatic carbocycles. The second-order valence-corrected chi connectivity index (χ2v) is 6.61. The third-order valence-electron chi connectivity index (χ3n) is 5.07. The highest BCUT2D eigenvalue weighted by molar-refractivity contribution is 5.96. The first-order chi connectivity index (χ1) is 12.6. The van der Waals surface area contributed by atoms with Crippen LogP contribution in [-0.4, -0.2) is 35.6 Å². The largest absolute Gasteiger partial charge is 0.496 e. The number of nitrogens with one attached hydrogen (secondary N) is 1. The summed E-state index contributed by atoms with van der Waals surface area (Å²) in [6.45, 7) is 0.483. The number of carboxylic acid groups (broad SMARTS) is 1. The zero-order valence-electron chi connectivity index (χ0n) is 14.7. The van der Waals surface area contributed by atoms with Crippen LogP contribution in [0.4, 0.5) is 0 Å². The minimum atomic E-state index is -1.15. The van der Waals surface area contributed by atoms with Crippen LogP contribution in [0.25, 0.3) is 0 Å². The number of rotatable bonds is 6. The first-order valence-corrected chi connectivity index (χ1v) is 8.67. The molecule has 0 radical (unpaired) electrons. The van der Waals surface area contributed by atoms with Gasteiger partial charge in [-0.1, -0.05) is 31.0 Å². The van der Waals surface area contributed by atoms with Crippen molar-refractivity contribution in [1.82, 2.24) is 10.3 Å². The van der Waals surface area contributed by atoms with Gasteiger partial charge in [0.2, 0.25) is 0 Å². The van der Waals surface area contributed by atoms with Gasteiger partial charge in [0, 0.05) is 29.3 Å². The van der Waals surface area contributed by atoms with E-state index in [9.17, 15) is 9.59 Å². The lowest BCUT2D eigenvalue weighted by Crippen LogP contribution is -2.39. The summed E-state index contributed by atoms with van der Waals surface area (Å²) >= 11 is 0. The summed E-state index contributed by atoms with van der Waals surface area (Å²) in [5, 5.41) is 12.0. The van der Waals surface area contributed by atoms with Crippen molar-refractivity contribution in [3.63, 3.8) is 0 Å². The number of benzene rings is 1. The quantitative estimate of drug-likeness (QED) is 0.832. The van der Waals surface area contributed by atoms with Crippen molar-refractivity contribution in [3.8, 4) is 5.75 Å². The Labute approximate surface area is 152 Å². The van der Waals surface area contributed by atoms with Crippen LogP contribution in [0.3, 0.4) is 0 Å². The molecule has 0 atom stereocenters. The van der Waals surface area contributed by atoms with Gasteiger partial charge in [0.1, 0.15) is 11.4 Å². The SMILES string of the molecule is COc1ccccc1C1(CNC(=O)c2ccnc(C(=O)O)c2)CCCC1. The van der Waals surface area contributed by atoms with Crippen molar-refractivity contribution in [1.29, 1.82) is 0 Å². The highest BCUT2D eigenvalue weighted by Gasteiger charge is 2.38. The Balaban J connectivity index is 1.80. The Kier molecular flexibility index (Phi) is 5.21. The van der Waals surface area contributed by atoms with Crippen LogP contribution < -0.4 is 10.1 Å². The van der Waals surface area contributed by atoms with Crippen LogP contribution in [0, 0.1) is 0 Å². The maximum Gasteiger partial charge on any atom is 0.354 e. The lowest BCUT2D eigenvalue weighted by molar-refractivity contribution is 0.0690. The summed E-state index contributed by atoms with van der Waals surface area (Å²) in [5.41, 5.74) is 1.11. The molecule has 0 unspecified atom stereocenters. The maximum atomic E-state index is 12.5. The van der Waals surface area contributed by atoms with Crippen molar-refractivity contribution in [2.45, 2.75) is 31.1 Å². The fourth-order valence-electron chi connectivity index (χ4n) is 3.72. The molecule has 3 rings (SSSR count). The molecule has 1 aliphatic carbocycles. The molecule has 1 fully saturated rings. The summed E-state index contributed by atoms with van der Waals surface area (Å²) in [5.74, 6) is -0.613. The van der Waals surface area contributed by atoms with E-state index in [1.807, 2.05) is 18.2 Å². The molecule has 1 heterocycles. The van der Waals surface area contributed by atoms with E-state index in [1.165, 1.54) is 18.3 Å². The zero-order valence-corrected chi connectivity index (χ0v) is 14.7. The van der Waals surface area contributed by atoms with Crippen molar-refractivity contribution in [2.24, 2.45) is 0 Å². The number of pyridine rings is 1. The standard InChI is InChI=1S/C20H22N2O4/c1-26-17-7-3-2-6-15(17)20(9-4-5-10-20)13-22-18(23)14-8-11-21-16(12-14)19(24)25/h2-3,6-8,11-12H,4-5,9-10,13H2,1H3,(H,22,23)(H,24,25). The van der Waals surface area contributed by atoms with Gasteiger partial charge >= 0.3 is 5.97 Å². The molecule has 136 valence electrons. The Morgan fingerprint density at radius 3 is 2.65 bits per heavy atom. The monoisotopic (exact) mass is 354 g/mol.